The zero-order valence-corrected chi connectivity index (χ0v) is 11.3. The Kier molecular flexibility index (Phi) is 5.12. The lowest BCUT2D eigenvalue weighted by Crippen LogP contribution is -2.15. The van der Waals surface area contributed by atoms with Gasteiger partial charge >= 0.3 is 0 Å². The summed E-state index contributed by atoms with van der Waals surface area (Å²) >= 11 is 5.08. The van der Waals surface area contributed by atoms with Crippen molar-refractivity contribution in [3.8, 4) is 0 Å². The molecular formula is C11H16BrNOS. The lowest BCUT2D eigenvalue weighted by atomic mass is 10.2. The van der Waals surface area contributed by atoms with Crippen LogP contribution in [0.4, 0.5) is 0 Å². The number of thioether (sulfide) groups is 1. The van der Waals surface area contributed by atoms with E-state index in [-0.39, 0.29) is 11.4 Å². The van der Waals surface area contributed by atoms with Crippen molar-refractivity contribution in [2.24, 2.45) is 5.73 Å². The van der Waals surface area contributed by atoms with E-state index in [1.807, 2.05) is 25.1 Å². The third kappa shape index (κ3) is 3.79. The number of halogens is 1. The van der Waals surface area contributed by atoms with Crippen molar-refractivity contribution >= 4 is 27.7 Å². The number of aliphatic hydroxyl groups is 1. The topological polar surface area (TPSA) is 46.2 Å². The molecule has 0 bridgehead atoms. The molecule has 0 amide bonds. The van der Waals surface area contributed by atoms with E-state index in [1.165, 1.54) is 0 Å². The summed E-state index contributed by atoms with van der Waals surface area (Å²) in [6.45, 7) is 4.34. The van der Waals surface area contributed by atoms with Gasteiger partial charge in [-0.05, 0) is 30.7 Å². The van der Waals surface area contributed by atoms with Gasteiger partial charge in [0.1, 0.15) is 0 Å². The first-order valence-corrected chi connectivity index (χ1v) is 6.55. The predicted molar refractivity (Wildman–Crippen MR) is 69.0 cm³/mol. The van der Waals surface area contributed by atoms with Crippen LogP contribution in [0.15, 0.2) is 27.6 Å². The van der Waals surface area contributed by atoms with Crippen LogP contribution < -0.4 is 5.73 Å². The van der Waals surface area contributed by atoms with E-state index < -0.39 is 0 Å². The lowest BCUT2D eigenvalue weighted by molar-refractivity contribution is 0.196. The Balaban J connectivity index is 2.84. The van der Waals surface area contributed by atoms with E-state index in [4.69, 9.17) is 5.73 Å². The smallest absolute Gasteiger partial charge is 0.0631 e. The quantitative estimate of drug-likeness (QED) is 0.838. The summed E-state index contributed by atoms with van der Waals surface area (Å²) in [5.74, 6) is 0. The first-order valence-electron chi connectivity index (χ1n) is 4.87. The van der Waals surface area contributed by atoms with Crippen molar-refractivity contribution in [2.45, 2.75) is 36.6 Å². The van der Waals surface area contributed by atoms with Crippen LogP contribution in [0, 0.1) is 0 Å². The van der Waals surface area contributed by atoms with Crippen molar-refractivity contribution in [3.63, 3.8) is 0 Å². The van der Waals surface area contributed by atoms with E-state index in [0.717, 1.165) is 14.9 Å². The van der Waals surface area contributed by atoms with Gasteiger partial charge in [-0.25, -0.2) is 0 Å². The van der Waals surface area contributed by atoms with Gasteiger partial charge in [0.15, 0.2) is 0 Å². The van der Waals surface area contributed by atoms with Crippen molar-refractivity contribution in [1.29, 1.82) is 0 Å². The van der Waals surface area contributed by atoms with Crippen LogP contribution >= 0.6 is 27.7 Å². The molecule has 4 heteroatoms. The second-order valence-electron chi connectivity index (χ2n) is 3.52. The number of aliphatic hydroxyl groups excluding tert-OH is 1. The Morgan fingerprint density at radius 3 is 2.67 bits per heavy atom. The van der Waals surface area contributed by atoms with Crippen LogP contribution in [0.1, 0.15) is 19.4 Å². The summed E-state index contributed by atoms with van der Waals surface area (Å²) in [5, 5.41) is 9.62. The molecule has 0 radical (unpaired) electrons. The third-order valence-electron chi connectivity index (χ3n) is 2.23. The number of hydrogen-bond acceptors (Lipinski definition) is 3. The van der Waals surface area contributed by atoms with Crippen molar-refractivity contribution in [3.05, 3.63) is 28.2 Å². The Morgan fingerprint density at radius 2 is 2.13 bits per heavy atom. The summed E-state index contributed by atoms with van der Waals surface area (Å²) in [7, 11) is 0. The molecule has 3 N–H and O–H groups in total. The standard InChI is InChI=1S/C11H16BrNOS/c1-7(14)8(2)15-11-4-3-10(12)5-9(11)6-13/h3-5,7-8,14H,6,13H2,1-2H3. The highest BCUT2D eigenvalue weighted by molar-refractivity contribution is 9.10. The van der Waals surface area contributed by atoms with Crippen molar-refractivity contribution < 1.29 is 5.11 Å². The fourth-order valence-electron chi connectivity index (χ4n) is 1.12. The van der Waals surface area contributed by atoms with Gasteiger partial charge in [0, 0.05) is 21.2 Å². The molecule has 0 aliphatic heterocycles. The van der Waals surface area contributed by atoms with Gasteiger partial charge in [-0.1, -0.05) is 22.9 Å². The second-order valence-corrected chi connectivity index (χ2v) is 5.85. The normalized spacial score (nSPS) is 15.0. The molecule has 1 aromatic carbocycles. The monoisotopic (exact) mass is 289 g/mol. The highest BCUT2D eigenvalue weighted by Gasteiger charge is 2.12. The number of nitrogens with two attached hydrogens (primary N) is 1. The molecule has 2 nitrogen and oxygen atoms in total. The van der Waals surface area contributed by atoms with Gasteiger partial charge < -0.3 is 10.8 Å². The largest absolute Gasteiger partial charge is 0.392 e. The number of rotatable bonds is 4. The lowest BCUT2D eigenvalue weighted by Gasteiger charge is -2.16. The zero-order chi connectivity index (χ0) is 11.4. The molecule has 84 valence electrons. The SMILES string of the molecule is CC(O)C(C)Sc1ccc(Br)cc1CN. The van der Waals surface area contributed by atoms with Gasteiger partial charge in [0.25, 0.3) is 0 Å². The molecule has 1 rings (SSSR count). The fraction of sp³-hybridized carbons (Fsp3) is 0.455. The summed E-state index contributed by atoms with van der Waals surface area (Å²) in [4.78, 5) is 1.15. The molecule has 0 fully saturated rings. The Morgan fingerprint density at radius 1 is 1.47 bits per heavy atom. The maximum absolute atomic E-state index is 9.44. The van der Waals surface area contributed by atoms with Gasteiger partial charge in [-0.2, -0.15) is 0 Å². The molecule has 2 unspecified atom stereocenters. The zero-order valence-electron chi connectivity index (χ0n) is 8.90. The van der Waals surface area contributed by atoms with E-state index in [0.29, 0.717) is 6.54 Å². The molecule has 0 heterocycles. The molecule has 0 saturated carbocycles. The fourth-order valence-corrected chi connectivity index (χ4v) is 2.57. The van der Waals surface area contributed by atoms with E-state index in [2.05, 4.69) is 15.9 Å². The van der Waals surface area contributed by atoms with Gasteiger partial charge in [0.2, 0.25) is 0 Å². The van der Waals surface area contributed by atoms with Gasteiger partial charge in [-0.15, -0.1) is 11.8 Å². The average molecular weight is 290 g/mol. The molecule has 0 aromatic heterocycles. The highest BCUT2D eigenvalue weighted by atomic mass is 79.9. The maximum atomic E-state index is 9.44. The minimum atomic E-state index is -0.315. The summed E-state index contributed by atoms with van der Waals surface area (Å²) in [6.07, 6.45) is -0.315. The Labute approximate surface area is 103 Å². The molecule has 2 atom stereocenters. The summed E-state index contributed by atoms with van der Waals surface area (Å²) in [5.41, 5.74) is 6.79. The van der Waals surface area contributed by atoms with Crippen molar-refractivity contribution in [1.82, 2.24) is 0 Å². The molecule has 1 aromatic rings. The van der Waals surface area contributed by atoms with Crippen LogP contribution in [0.2, 0.25) is 0 Å². The molecule has 0 spiro atoms. The molecule has 15 heavy (non-hydrogen) atoms. The predicted octanol–water partition coefficient (Wildman–Crippen LogP) is 2.77. The molecule has 0 aliphatic rings. The minimum absolute atomic E-state index is 0.177. The Bertz CT molecular complexity index is 330. The van der Waals surface area contributed by atoms with Crippen LogP contribution in [-0.4, -0.2) is 16.5 Å². The first-order chi connectivity index (χ1) is 7.04. The average Bonchev–Trinajstić information content (AvgIpc) is 2.20. The van der Waals surface area contributed by atoms with Crippen LogP contribution in [0.3, 0.4) is 0 Å². The second kappa shape index (κ2) is 5.89. The van der Waals surface area contributed by atoms with E-state index in [9.17, 15) is 5.11 Å². The number of hydrogen-bond donors (Lipinski definition) is 2. The van der Waals surface area contributed by atoms with Crippen molar-refractivity contribution in [2.75, 3.05) is 0 Å². The molecular weight excluding hydrogens is 274 g/mol. The molecule has 0 saturated heterocycles. The Hall–Kier alpha value is -0.0300. The molecule has 0 aliphatic carbocycles. The third-order valence-corrected chi connectivity index (χ3v) is 4.15. The highest BCUT2D eigenvalue weighted by Crippen LogP contribution is 2.30. The van der Waals surface area contributed by atoms with Gasteiger partial charge in [0.05, 0.1) is 6.10 Å². The minimum Gasteiger partial charge on any atom is -0.392 e. The summed E-state index contributed by atoms with van der Waals surface area (Å²) < 4.78 is 1.04. The van der Waals surface area contributed by atoms with Crippen LogP contribution in [0.25, 0.3) is 0 Å². The maximum Gasteiger partial charge on any atom is 0.0631 e. The van der Waals surface area contributed by atoms with Gasteiger partial charge in [-0.3, -0.25) is 0 Å². The number of benzene rings is 1. The summed E-state index contributed by atoms with van der Waals surface area (Å²) in [6, 6.07) is 6.06. The van der Waals surface area contributed by atoms with Crippen LogP contribution in [-0.2, 0) is 6.54 Å². The first kappa shape index (κ1) is 13.0. The van der Waals surface area contributed by atoms with Crippen LogP contribution in [0.5, 0.6) is 0 Å². The van der Waals surface area contributed by atoms with E-state index >= 15 is 0 Å². The van der Waals surface area contributed by atoms with E-state index in [1.54, 1.807) is 18.7 Å².